The Kier molecular flexibility index (Phi) is 3.29. The molecule has 3 heteroatoms. The molecule has 0 aromatic heterocycles. The lowest BCUT2D eigenvalue weighted by molar-refractivity contribution is 0.0987. The van der Waals surface area contributed by atoms with Crippen molar-refractivity contribution in [2.75, 3.05) is 0 Å². The summed E-state index contributed by atoms with van der Waals surface area (Å²) in [5.41, 5.74) is 0.696. The third-order valence-corrected chi connectivity index (χ3v) is 2.44. The second-order valence-corrected chi connectivity index (χ2v) is 3.69. The minimum absolute atomic E-state index is 0.124. The van der Waals surface area contributed by atoms with Crippen LogP contribution >= 0.6 is 27.5 Å². The zero-order valence-corrected chi connectivity index (χ0v) is 8.95. The molecule has 1 aromatic rings. The molecule has 0 aliphatic heterocycles. The van der Waals surface area contributed by atoms with Crippen molar-refractivity contribution in [3.63, 3.8) is 0 Å². The maximum atomic E-state index is 11.3. The number of carbonyl (C=O) groups is 1. The van der Waals surface area contributed by atoms with Gasteiger partial charge in [-0.25, -0.2) is 0 Å². The van der Waals surface area contributed by atoms with Crippen LogP contribution in [0.4, 0.5) is 0 Å². The normalized spacial score (nSPS) is 9.92. The summed E-state index contributed by atoms with van der Waals surface area (Å²) in [5.74, 6) is 0.124. The van der Waals surface area contributed by atoms with Crippen molar-refractivity contribution >= 4 is 33.3 Å². The second-order valence-electron chi connectivity index (χ2n) is 2.40. The molecule has 0 saturated heterocycles. The fourth-order valence-corrected chi connectivity index (χ4v) is 1.81. The molecule has 64 valence electrons. The number of halogens is 2. The van der Waals surface area contributed by atoms with Crippen LogP contribution in [0.2, 0.25) is 5.02 Å². The fourth-order valence-electron chi connectivity index (χ4n) is 0.906. The van der Waals surface area contributed by atoms with E-state index in [2.05, 4.69) is 15.9 Å². The van der Waals surface area contributed by atoms with E-state index in [0.29, 0.717) is 17.0 Å². The summed E-state index contributed by atoms with van der Waals surface area (Å²) in [5, 5.41) is 0.634. The predicted molar refractivity (Wildman–Crippen MR) is 53.8 cm³/mol. The van der Waals surface area contributed by atoms with E-state index in [-0.39, 0.29) is 5.78 Å². The largest absolute Gasteiger partial charge is 0.294 e. The van der Waals surface area contributed by atoms with Crippen molar-refractivity contribution in [3.05, 3.63) is 33.3 Å². The molecule has 0 aliphatic carbocycles. The first-order valence-corrected chi connectivity index (χ1v) is 4.80. The zero-order chi connectivity index (χ0) is 9.14. The van der Waals surface area contributed by atoms with Gasteiger partial charge in [0.2, 0.25) is 0 Å². The second kappa shape index (κ2) is 4.06. The van der Waals surface area contributed by atoms with Crippen molar-refractivity contribution in [2.24, 2.45) is 0 Å². The summed E-state index contributed by atoms with van der Waals surface area (Å²) < 4.78 is 0.766. The minimum atomic E-state index is 0.124. The van der Waals surface area contributed by atoms with Gasteiger partial charge in [-0.1, -0.05) is 18.5 Å². The maximum Gasteiger partial charge on any atom is 0.163 e. The van der Waals surface area contributed by atoms with Gasteiger partial charge in [-0.3, -0.25) is 4.79 Å². The van der Waals surface area contributed by atoms with E-state index in [1.165, 1.54) is 0 Å². The lowest BCUT2D eigenvalue weighted by Gasteiger charge is -2.00. The van der Waals surface area contributed by atoms with Gasteiger partial charge >= 0.3 is 0 Å². The van der Waals surface area contributed by atoms with Crippen LogP contribution in [0.1, 0.15) is 23.7 Å². The number of hydrogen-bond donors (Lipinski definition) is 0. The lowest BCUT2D eigenvalue weighted by atomic mass is 10.1. The Balaban J connectivity index is 3.09. The molecule has 0 unspecified atom stereocenters. The van der Waals surface area contributed by atoms with Crippen LogP contribution in [0, 0.1) is 0 Å². The van der Waals surface area contributed by atoms with Crippen LogP contribution in [0.15, 0.2) is 22.7 Å². The lowest BCUT2D eigenvalue weighted by Crippen LogP contribution is -1.96. The average Bonchev–Trinajstić information content (AvgIpc) is 2.03. The van der Waals surface area contributed by atoms with Gasteiger partial charge in [0.1, 0.15) is 0 Å². The molecule has 0 amide bonds. The van der Waals surface area contributed by atoms with Gasteiger partial charge in [0.05, 0.1) is 0 Å². The Morgan fingerprint density at radius 1 is 1.58 bits per heavy atom. The highest BCUT2D eigenvalue weighted by Gasteiger charge is 2.07. The molecule has 1 nitrogen and oxygen atoms in total. The monoisotopic (exact) mass is 246 g/mol. The molecule has 0 saturated carbocycles. The Hall–Kier alpha value is -0.340. The van der Waals surface area contributed by atoms with Gasteiger partial charge in [-0.2, -0.15) is 0 Å². The van der Waals surface area contributed by atoms with Gasteiger partial charge in [0, 0.05) is 21.5 Å². The van der Waals surface area contributed by atoms with Crippen LogP contribution in [-0.4, -0.2) is 5.78 Å². The predicted octanol–water partition coefficient (Wildman–Crippen LogP) is 3.70. The molecule has 0 bridgehead atoms. The first-order chi connectivity index (χ1) is 5.65. The molecule has 0 radical (unpaired) electrons. The Labute approximate surface area is 84.9 Å². The van der Waals surface area contributed by atoms with E-state index in [1.54, 1.807) is 18.2 Å². The maximum absolute atomic E-state index is 11.3. The van der Waals surface area contributed by atoms with Gasteiger partial charge in [-0.05, 0) is 34.1 Å². The van der Waals surface area contributed by atoms with Crippen molar-refractivity contribution in [2.45, 2.75) is 13.3 Å². The minimum Gasteiger partial charge on any atom is -0.294 e. The van der Waals surface area contributed by atoms with Crippen LogP contribution in [-0.2, 0) is 0 Å². The SMILES string of the molecule is CCC(=O)c1ccc(Cl)cc1Br. The van der Waals surface area contributed by atoms with Gasteiger partial charge in [0.25, 0.3) is 0 Å². The molecular formula is C9H8BrClO. The molecule has 0 atom stereocenters. The summed E-state index contributed by atoms with van der Waals surface area (Å²) in [4.78, 5) is 11.3. The Morgan fingerprint density at radius 3 is 2.75 bits per heavy atom. The van der Waals surface area contributed by atoms with Crippen LogP contribution in [0.25, 0.3) is 0 Å². The van der Waals surface area contributed by atoms with Crippen LogP contribution in [0.5, 0.6) is 0 Å². The summed E-state index contributed by atoms with van der Waals surface area (Å²) in [6, 6.07) is 5.18. The van der Waals surface area contributed by atoms with Crippen molar-refractivity contribution in [1.29, 1.82) is 0 Å². The molecule has 0 heterocycles. The number of rotatable bonds is 2. The third kappa shape index (κ3) is 2.08. The number of carbonyl (C=O) groups excluding carboxylic acids is 1. The molecule has 1 aromatic carbocycles. The zero-order valence-electron chi connectivity index (χ0n) is 6.60. The first kappa shape index (κ1) is 9.75. The summed E-state index contributed by atoms with van der Waals surface area (Å²) >= 11 is 9.01. The summed E-state index contributed by atoms with van der Waals surface area (Å²) in [7, 11) is 0. The molecule has 1 rings (SSSR count). The van der Waals surface area contributed by atoms with Crippen LogP contribution < -0.4 is 0 Å². The van der Waals surface area contributed by atoms with Crippen LogP contribution in [0.3, 0.4) is 0 Å². The molecule has 0 spiro atoms. The van der Waals surface area contributed by atoms with Gasteiger partial charge in [0.15, 0.2) is 5.78 Å². The number of hydrogen-bond acceptors (Lipinski definition) is 1. The topological polar surface area (TPSA) is 17.1 Å². The molecular weight excluding hydrogens is 239 g/mol. The molecule has 0 N–H and O–H groups in total. The highest BCUT2D eigenvalue weighted by atomic mass is 79.9. The Morgan fingerprint density at radius 2 is 2.25 bits per heavy atom. The van der Waals surface area contributed by atoms with E-state index in [4.69, 9.17) is 11.6 Å². The van der Waals surface area contributed by atoms with Crippen molar-refractivity contribution in [1.82, 2.24) is 0 Å². The smallest absolute Gasteiger partial charge is 0.163 e. The van der Waals surface area contributed by atoms with E-state index in [1.807, 2.05) is 6.92 Å². The standard InChI is InChI=1S/C9H8BrClO/c1-2-9(12)7-4-3-6(11)5-8(7)10/h3-5H,2H2,1H3. The quantitative estimate of drug-likeness (QED) is 0.728. The van der Waals surface area contributed by atoms with E-state index in [0.717, 1.165) is 4.47 Å². The molecule has 12 heavy (non-hydrogen) atoms. The third-order valence-electron chi connectivity index (χ3n) is 1.55. The van der Waals surface area contributed by atoms with Gasteiger partial charge < -0.3 is 0 Å². The summed E-state index contributed by atoms with van der Waals surface area (Å²) in [6.45, 7) is 1.84. The first-order valence-electron chi connectivity index (χ1n) is 3.63. The highest BCUT2D eigenvalue weighted by molar-refractivity contribution is 9.10. The van der Waals surface area contributed by atoms with E-state index < -0.39 is 0 Å². The number of Topliss-reactive ketones (excluding diaryl/α,β-unsaturated/α-hetero) is 1. The van der Waals surface area contributed by atoms with Gasteiger partial charge in [-0.15, -0.1) is 0 Å². The number of benzene rings is 1. The van der Waals surface area contributed by atoms with Crippen molar-refractivity contribution < 1.29 is 4.79 Å². The summed E-state index contributed by atoms with van der Waals surface area (Å²) in [6.07, 6.45) is 0.514. The molecule has 0 aliphatic rings. The van der Waals surface area contributed by atoms with E-state index >= 15 is 0 Å². The van der Waals surface area contributed by atoms with Crippen molar-refractivity contribution in [3.8, 4) is 0 Å². The Bertz CT molecular complexity index is 309. The fraction of sp³-hybridized carbons (Fsp3) is 0.222. The average molecular weight is 248 g/mol. The molecule has 0 fully saturated rings. The number of ketones is 1. The van der Waals surface area contributed by atoms with E-state index in [9.17, 15) is 4.79 Å². The highest BCUT2D eigenvalue weighted by Crippen LogP contribution is 2.22.